The minimum absolute atomic E-state index is 0.0981. The molecule has 2 aliphatic heterocycles. The molecule has 3 atom stereocenters. The number of amides is 1. The van der Waals surface area contributed by atoms with Crippen LogP contribution in [-0.4, -0.2) is 47.9 Å². The molecule has 0 N–H and O–H groups in total. The van der Waals surface area contributed by atoms with Crippen molar-refractivity contribution < 1.29 is 27.4 Å². The first-order chi connectivity index (χ1) is 12.3. The number of epoxide rings is 1. The quantitative estimate of drug-likeness (QED) is 0.766. The number of methoxy groups -OCH3 is 1. The fourth-order valence-corrected chi connectivity index (χ4v) is 4.96. The second-order valence-electron chi connectivity index (χ2n) is 7.51. The molecule has 0 radical (unpaired) electrons. The van der Waals surface area contributed by atoms with Gasteiger partial charge in [0.15, 0.2) is 0 Å². The molecule has 1 aromatic rings. The Balaban J connectivity index is 1.65. The van der Waals surface area contributed by atoms with Gasteiger partial charge in [0, 0.05) is 6.54 Å². The molecule has 4 rings (SSSR count). The third kappa shape index (κ3) is 2.59. The van der Waals surface area contributed by atoms with Gasteiger partial charge in [0.25, 0.3) is 0 Å². The normalized spacial score (nSPS) is 33.2. The highest BCUT2D eigenvalue weighted by molar-refractivity contribution is 5.82. The molecule has 2 saturated heterocycles. The molecule has 4 nitrogen and oxygen atoms in total. The molecule has 26 heavy (non-hydrogen) atoms. The highest BCUT2D eigenvalue weighted by Crippen LogP contribution is 2.64. The number of hydrogen-bond donors (Lipinski definition) is 0. The molecule has 1 saturated carbocycles. The SMILES string of the molecule is COc1ccc(C[C@@H]2N(C(=O)C(F)(F)F)CC[C@]34CCCCC23O4)cc1. The number of piperidine rings is 1. The van der Waals surface area contributed by atoms with Gasteiger partial charge in [-0.15, -0.1) is 0 Å². The Morgan fingerprint density at radius 2 is 1.92 bits per heavy atom. The number of carbonyl (C=O) groups excluding carboxylic acids is 1. The fraction of sp³-hybridized carbons (Fsp3) is 0.632. The van der Waals surface area contributed by atoms with Crippen LogP contribution in [0.25, 0.3) is 0 Å². The third-order valence-corrected chi connectivity index (χ3v) is 6.25. The molecule has 0 aromatic heterocycles. The van der Waals surface area contributed by atoms with Crippen molar-refractivity contribution >= 4 is 5.91 Å². The number of ether oxygens (including phenoxy) is 2. The van der Waals surface area contributed by atoms with E-state index < -0.39 is 23.7 Å². The van der Waals surface area contributed by atoms with Gasteiger partial charge in [-0.1, -0.05) is 25.0 Å². The van der Waals surface area contributed by atoms with Crippen molar-refractivity contribution in [1.82, 2.24) is 4.90 Å². The molecule has 3 fully saturated rings. The van der Waals surface area contributed by atoms with E-state index in [1.165, 1.54) is 0 Å². The monoisotopic (exact) mass is 369 g/mol. The van der Waals surface area contributed by atoms with Crippen LogP contribution < -0.4 is 4.74 Å². The average molecular weight is 369 g/mol. The zero-order chi connectivity index (χ0) is 18.6. The van der Waals surface area contributed by atoms with Crippen molar-refractivity contribution in [2.45, 2.75) is 61.9 Å². The van der Waals surface area contributed by atoms with Crippen LogP contribution in [-0.2, 0) is 16.0 Å². The molecule has 1 aromatic carbocycles. The molecule has 1 amide bonds. The van der Waals surface area contributed by atoms with Gasteiger partial charge in [-0.2, -0.15) is 13.2 Å². The predicted molar refractivity (Wildman–Crippen MR) is 87.9 cm³/mol. The van der Waals surface area contributed by atoms with Crippen LogP contribution in [0, 0.1) is 0 Å². The van der Waals surface area contributed by atoms with Crippen LogP contribution in [0.1, 0.15) is 37.7 Å². The van der Waals surface area contributed by atoms with E-state index in [1.807, 2.05) is 12.1 Å². The van der Waals surface area contributed by atoms with Gasteiger partial charge >= 0.3 is 12.1 Å². The number of carbonyl (C=O) groups is 1. The topological polar surface area (TPSA) is 42.1 Å². The van der Waals surface area contributed by atoms with E-state index in [0.717, 1.165) is 36.1 Å². The standard InChI is InChI=1S/C19H22F3NO3/c1-25-14-6-4-13(5-7-14)12-15-18-9-3-2-8-17(18,26-18)10-11-23(15)16(24)19(20,21)22/h4-7,15H,2-3,8-12H2,1H3/t15-,17+,18?/m0/s1. The second kappa shape index (κ2) is 5.87. The summed E-state index contributed by atoms with van der Waals surface area (Å²) in [5, 5.41) is 0. The van der Waals surface area contributed by atoms with Gasteiger partial charge < -0.3 is 14.4 Å². The van der Waals surface area contributed by atoms with Crippen LogP contribution in [0.15, 0.2) is 24.3 Å². The van der Waals surface area contributed by atoms with E-state index in [1.54, 1.807) is 19.2 Å². The van der Waals surface area contributed by atoms with Gasteiger partial charge in [0.2, 0.25) is 0 Å². The summed E-state index contributed by atoms with van der Waals surface area (Å²) in [6, 6.07) is 6.67. The van der Waals surface area contributed by atoms with E-state index in [9.17, 15) is 18.0 Å². The first-order valence-corrected chi connectivity index (χ1v) is 9.02. The number of hydrogen-bond acceptors (Lipinski definition) is 3. The Kier molecular flexibility index (Phi) is 3.99. The summed E-state index contributed by atoms with van der Waals surface area (Å²) in [5.74, 6) is -1.06. The molecular weight excluding hydrogens is 347 g/mol. The highest BCUT2D eigenvalue weighted by Gasteiger charge is 2.76. The third-order valence-electron chi connectivity index (χ3n) is 6.25. The number of halogens is 3. The molecule has 2 heterocycles. The van der Waals surface area contributed by atoms with Crippen molar-refractivity contribution in [3.63, 3.8) is 0 Å². The maximum Gasteiger partial charge on any atom is 0.471 e. The maximum atomic E-state index is 13.2. The Bertz CT molecular complexity index is 705. The maximum absolute atomic E-state index is 13.2. The van der Waals surface area contributed by atoms with Crippen LogP contribution in [0.3, 0.4) is 0 Å². The minimum Gasteiger partial charge on any atom is -0.497 e. The number of likely N-dealkylation sites (tertiary alicyclic amines) is 1. The van der Waals surface area contributed by atoms with Gasteiger partial charge in [-0.3, -0.25) is 4.79 Å². The summed E-state index contributed by atoms with van der Waals surface area (Å²) in [7, 11) is 1.56. The predicted octanol–water partition coefficient (Wildman–Crippen LogP) is 3.48. The van der Waals surface area contributed by atoms with E-state index in [4.69, 9.17) is 9.47 Å². The van der Waals surface area contributed by atoms with Gasteiger partial charge in [0.05, 0.1) is 13.2 Å². The first-order valence-electron chi connectivity index (χ1n) is 9.02. The Hall–Kier alpha value is -1.76. The Morgan fingerprint density at radius 1 is 1.23 bits per heavy atom. The zero-order valence-electron chi connectivity index (χ0n) is 14.6. The molecule has 7 heteroatoms. The number of rotatable bonds is 3. The zero-order valence-corrected chi connectivity index (χ0v) is 14.6. The molecular formula is C19H22F3NO3. The van der Waals surface area contributed by atoms with Gasteiger partial charge in [-0.05, 0) is 43.4 Å². The molecule has 0 bridgehead atoms. The Morgan fingerprint density at radius 3 is 2.58 bits per heavy atom. The van der Waals surface area contributed by atoms with Crippen LogP contribution >= 0.6 is 0 Å². The lowest BCUT2D eigenvalue weighted by Crippen LogP contribution is -2.60. The van der Waals surface area contributed by atoms with E-state index in [0.29, 0.717) is 18.6 Å². The first kappa shape index (κ1) is 17.6. The summed E-state index contributed by atoms with van der Waals surface area (Å²) in [6.45, 7) is 0.0981. The lowest BCUT2D eigenvalue weighted by Gasteiger charge is -2.43. The molecule has 1 unspecified atom stereocenters. The van der Waals surface area contributed by atoms with Gasteiger partial charge in [-0.25, -0.2) is 0 Å². The largest absolute Gasteiger partial charge is 0.497 e. The number of alkyl halides is 3. The smallest absolute Gasteiger partial charge is 0.471 e. The molecule has 142 valence electrons. The molecule has 1 aliphatic carbocycles. The summed E-state index contributed by atoms with van der Waals surface area (Å²) >= 11 is 0. The second-order valence-corrected chi connectivity index (χ2v) is 7.51. The lowest BCUT2D eigenvalue weighted by molar-refractivity contribution is -0.190. The van der Waals surface area contributed by atoms with Crippen molar-refractivity contribution in [2.75, 3.05) is 13.7 Å². The van der Waals surface area contributed by atoms with Gasteiger partial charge in [0.1, 0.15) is 17.0 Å². The van der Waals surface area contributed by atoms with Crippen LogP contribution in [0.5, 0.6) is 5.75 Å². The molecule has 3 aliphatic rings. The number of benzene rings is 1. The molecule has 0 spiro atoms. The van der Waals surface area contributed by atoms with Crippen molar-refractivity contribution in [1.29, 1.82) is 0 Å². The average Bonchev–Trinajstić information content (AvgIpc) is 3.32. The van der Waals surface area contributed by atoms with Crippen molar-refractivity contribution in [3.05, 3.63) is 29.8 Å². The van der Waals surface area contributed by atoms with Crippen molar-refractivity contribution in [2.24, 2.45) is 0 Å². The summed E-state index contributed by atoms with van der Waals surface area (Å²) in [6.07, 6.45) is -0.464. The minimum atomic E-state index is -4.86. The van der Waals surface area contributed by atoms with Crippen LogP contribution in [0.2, 0.25) is 0 Å². The highest BCUT2D eigenvalue weighted by atomic mass is 19.4. The lowest BCUT2D eigenvalue weighted by atomic mass is 9.69. The van der Waals surface area contributed by atoms with E-state index in [2.05, 4.69) is 0 Å². The fourth-order valence-electron chi connectivity index (χ4n) is 4.96. The number of nitrogens with zero attached hydrogens (tertiary/aromatic N) is 1. The van der Waals surface area contributed by atoms with E-state index in [-0.39, 0.29) is 12.1 Å². The van der Waals surface area contributed by atoms with E-state index >= 15 is 0 Å². The van der Waals surface area contributed by atoms with Crippen LogP contribution in [0.4, 0.5) is 13.2 Å². The summed E-state index contributed by atoms with van der Waals surface area (Å²) in [5.41, 5.74) is -0.0724. The summed E-state index contributed by atoms with van der Waals surface area (Å²) in [4.78, 5) is 13.1. The Labute approximate surface area is 150 Å². The van der Waals surface area contributed by atoms with Crippen molar-refractivity contribution in [3.8, 4) is 5.75 Å². The summed E-state index contributed by atoms with van der Waals surface area (Å²) < 4.78 is 50.8.